The molecule has 1 aromatic carbocycles. The average molecular weight is 265 g/mol. The maximum atomic E-state index is 11.5. The molecule has 1 amide bonds. The van der Waals surface area contributed by atoms with Gasteiger partial charge in [-0.15, -0.1) is 0 Å². The molecule has 104 valence electrons. The molecule has 1 aliphatic heterocycles. The van der Waals surface area contributed by atoms with Gasteiger partial charge in [0.2, 0.25) is 5.91 Å². The molecule has 0 fully saturated rings. The fourth-order valence-electron chi connectivity index (χ4n) is 2.12. The molecular formula is C14H19NO4. The van der Waals surface area contributed by atoms with Crippen LogP contribution < -0.4 is 10.1 Å². The smallest absolute Gasteiger partial charge is 0.246 e. The van der Waals surface area contributed by atoms with E-state index in [4.69, 9.17) is 9.47 Å². The SMILES string of the molecule is CCOCC(=O)NC[C@]1(O)CCOc2ccccc21. The minimum Gasteiger partial charge on any atom is -0.493 e. The Bertz CT molecular complexity index is 449. The van der Waals surface area contributed by atoms with E-state index in [2.05, 4.69) is 5.32 Å². The molecule has 1 aromatic rings. The van der Waals surface area contributed by atoms with Gasteiger partial charge in [0, 0.05) is 18.6 Å². The van der Waals surface area contributed by atoms with Crippen LogP contribution >= 0.6 is 0 Å². The van der Waals surface area contributed by atoms with E-state index in [9.17, 15) is 9.90 Å². The van der Waals surface area contributed by atoms with Crippen LogP contribution in [0.5, 0.6) is 5.75 Å². The Morgan fingerprint density at radius 2 is 2.32 bits per heavy atom. The van der Waals surface area contributed by atoms with Crippen molar-refractivity contribution >= 4 is 5.91 Å². The number of rotatable bonds is 5. The third kappa shape index (κ3) is 3.24. The summed E-state index contributed by atoms with van der Waals surface area (Å²) in [7, 11) is 0. The van der Waals surface area contributed by atoms with Crippen LogP contribution in [0.3, 0.4) is 0 Å². The minimum absolute atomic E-state index is 0.0186. The van der Waals surface area contributed by atoms with Crippen LogP contribution in [0.25, 0.3) is 0 Å². The number of fused-ring (bicyclic) bond motifs is 1. The highest BCUT2D eigenvalue weighted by atomic mass is 16.5. The second-order valence-corrected chi connectivity index (χ2v) is 4.54. The molecule has 19 heavy (non-hydrogen) atoms. The number of nitrogens with one attached hydrogen (secondary N) is 1. The van der Waals surface area contributed by atoms with Gasteiger partial charge in [-0.1, -0.05) is 18.2 Å². The van der Waals surface area contributed by atoms with Crippen molar-refractivity contribution in [2.45, 2.75) is 18.9 Å². The van der Waals surface area contributed by atoms with Gasteiger partial charge in [0.15, 0.2) is 0 Å². The second-order valence-electron chi connectivity index (χ2n) is 4.54. The van der Waals surface area contributed by atoms with Crippen molar-refractivity contribution in [1.82, 2.24) is 5.32 Å². The highest BCUT2D eigenvalue weighted by Crippen LogP contribution is 2.36. The van der Waals surface area contributed by atoms with Gasteiger partial charge in [-0.3, -0.25) is 4.79 Å². The Kier molecular flexibility index (Phi) is 4.39. The number of ether oxygens (including phenoxy) is 2. The molecule has 0 unspecified atom stereocenters. The molecule has 0 bridgehead atoms. The summed E-state index contributed by atoms with van der Waals surface area (Å²) >= 11 is 0. The van der Waals surface area contributed by atoms with E-state index in [-0.39, 0.29) is 19.1 Å². The van der Waals surface area contributed by atoms with Crippen molar-refractivity contribution in [3.63, 3.8) is 0 Å². The monoisotopic (exact) mass is 265 g/mol. The van der Waals surface area contributed by atoms with Crippen LogP contribution in [0.2, 0.25) is 0 Å². The minimum atomic E-state index is -1.07. The lowest BCUT2D eigenvalue weighted by molar-refractivity contribution is -0.127. The highest BCUT2D eigenvalue weighted by Gasteiger charge is 2.35. The number of hydrogen-bond acceptors (Lipinski definition) is 4. The predicted octanol–water partition coefficient (Wildman–Crippen LogP) is 0.809. The lowest BCUT2D eigenvalue weighted by atomic mass is 9.88. The van der Waals surface area contributed by atoms with E-state index in [0.717, 1.165) is 5.56 Å². The Balaban J connectivity index is 2.01. The lowest BCUT2D eigenvalue weighted by Gasteiger charge is -2.34. The average Bonchev–Trinajstić information content (AvgIpc) is 2.44. The Labute approximate surface area is 112 Å². The zero-order valence-corrected chi connectivity index (χ0v) is 11.0. The first-order valence-electron chi connectivity index (χ1n) is 6.45. The number of hydrogen-bond donors (Lipinski definition) is 2. The van der Waals surface area contributed by atoms with Crippen molar-refractivity contribution in [3.05, 3.63) is 29.8 Å². The Morgan fingerprint density at radius 1 is 1.53 bits per heavy atom. The quantitative estimate of drug-likeness (QED) is 0.826. The molecule has 5 heteroatoms. The van der Waals surface area contributed by atoms with E-state index in [1.165, 1.54) is 0 Å². The largest absolute Gasteiger partial charge is 0.493 e. The predicted molar refractivity (Wildman–Crippen MR) is 70.0 cm³/mol. The molecule has 0 aromatic heterocycles. The first-order valence-corrected chi connectivity index (χ1v) is 6.45. The van der Waals surface area contributed by atoms with E-state index >= 15 is 0 Å². The van der Waals surface area contributed by atoms with Crippen LogP contribution in [0.4, 0.5) is 0 Å². The van der Waals surface area contributed by atoms with Gasteiger partial charge in [-0.25, -0.2) is 0 Å². The molecule has 0 spiro atoms. The molecular weight excluding hydrogens is 246 g/mol. The molecule has 1 atom stereocenters. The normalized spacial score (nSPS) is 21.4. The molecule has 0 aliphatic carbocycles. The van der Waals surface area contributed by atoms with Gasteiger partial charge in [0.05, 0.1) is 13.2 Å². The van der Waals surface area contributed by atoms with Crippen molar-refractivity contribution in [2.24, 2.45) is 0 Å². The maximum absolute atomic E-state index is 11.5. The van der Waals surface area contributed by atoms with Gasteiger partial charge >= 0.3 is 0 Å². The number of amides is 1. The van der Waals surface area contributed by atoms with Gasteiger partial charge in [0.1, 0.15) is 18.0 Å². The molecule has 0 saturated carbocycles. The van der Waals surface area contributed by atoms with E-state index in [0.29, 0.717) is 25.4 Å². The Morgan fingerprint density at radius 3 is 3.11 bits per heavy atom. The molecule has 1 heterocycles. The first-order chi connectivity index (χ1) is 9.15. The second kappa shape index (κ2) is 6.04. The van der Waals surface area contributed by atoms with Gasteiger partial charge < -0.3 is 19.9 Å². The molecule has 0 saturated heterocycles. The van der Waals surface area contributed by atoms with Gasteiger partial charge in [0.25, 0.3) is 0 Å². The van der Waals surface area contributed by atoms with Crippen molar-refractivity contribution in [2.75, 3.05) is 26.4 Å². The highest BCUT2D eigenvalue weighted by molar-refractivity contribution is 5.77. The summed E-state index contributed by atoms with van der Waals surface area (Å²) in [5, 5.41) is 13.4. The van der Waals surface area contributed by atoms with Crippen LogP contribution in [0, 0.1) is 0 Å². The van der Waals surface area contributed by atoms with Gasteiger partial charge in [-0.2, -0.15) is 0 Å². The summed E-state index contributed by atoms with van der Waals surface area (Å²) in [6.07, 6.45) is 0.457. The standard InChI is InChI=1S/C14H19NO4/c1-2-18-9-13(16)15-10-14(17)7-8-19-12-6-4-3-5-11(12)14/h3-6,17H,2,7-10H2,1H3,(H,15,16)/t14-/m1/s1. The summed E-state index contributed by atoms with van der Waals surface area (Å²) < 4.78 is 10.5. The number of aliphatic hydroxyl groups is 1. The topological polar surface area (TPSA) is 67.8 Å². The van der Waals surface area contributed by atoms with Crippen molar-refractivity contribution in [3.8, 4) is 5.75 Å². The van der Waals surface area contributed by atoms with Gasteiger partial charge in [-0.05, 0) is 13.0 Å². The maximum Gasteiger partial charge on any atom is 0.246 e. The summed E-state index contributed by atoms with van der Waals surface area (Å²) in [6, 6.07) is 7.35. The zero-order chi connectivity index (χ0) is 13.7. The lowest BCUT2D eigenvalue weighted by Crippen LogP contribution is -2.44. The third-order valence-electron chi connectivity index (χ3n) is 3.18. The zero-order valence-electron chi connectivity index (χ0n) is 11.0. The number of para-hydroxylation sites is 1. The molecule has 1 aliphatic rings. The van der Waals surface area contributed by atoms with E-state index < -0.39 is 5.60 Å². The number of carbonyl (C=O) groups excluding carboxylic acids is 1. The molecule has 5 nitrogen and oxygen atoms in total. The van der Waals surface area contributed by atoms with Crippen molar-refractivity contribution < 1.29 is 19.4 Å². The summed E-state index contributed by atoms with van der Waals surface area (Å²) in [4.78, 5) is 11.5. The molecule has 0 radical (unpaired) electrons. The Hall–Kier alpha value is -1.59. The van der Waals surface area contributed by atoms with E-state index in [1.807, 2.05) is 31.2 Å². The summed E-state index contributed by atoms with van der Waals surface area (Å²) in [5.41, 5.74) is -0.352. The number of carbonyl (C=O) groups is 1. The van der Waals surface area contributed by atoms with Crippen LogP contribution in [-0.2, 0) is 15.1 Å². The molecule has 2 N–H and O–H groups in total. The van der Waals surface area contributed by atoms with Crippen LogP contribution in [-0.4, -0.2) is 37.4 Å². The summed E-state index contributed by atoms with van der Waals surface area (Å²) in [6.45, 7) is 2.95. The van der Waals surface area contributed by atoms with E-state index in [1.54, 1.807) is 0 Å². The van der Waals surface area contributed by atoms with Crippen LogP contribution in [0.15, 0.2) is 24.3 Å². The summed E-state index contributed by atoms with van der Waals surface area (Å²) in [5.74, 6) is 0.453. The fraction of sp³-hybridized carbons (Fsp3) is 0.500. The third-order valence-corrected chi connectivity index (χ3v) is 3.18. The molecule has 2 rings (SSSR count). The van der Waals surface area contributed by atoms with Crippen molar-refractivity contribution in [1.29, 1.82) is 0 Å². The number of benzene rings is 1. The van der Waals surface area contributed by atoms with Crippen LogP contribution in [0.1, 0.15) is 18.9 Å². The fourth-order valence-corrected chi connectivity index (χ4v) is 2.12. The first kappa shape index (κ1) is 13.8.